The summed E-state index contributed by atoms with van der Waals surface area (Å²) < 4.78 is 5.24. The standard InChI is InChI=1S/C43H71N9O15/c1-8-24(6)33(41(63)52-34(25(7)55)40(62)46-18-31(56)47-29(19-53)38(60)50-30(20-54)42(64)65)51-36(58)27(15-12-16-45-43(66)67-21-26-13-10-9-11-14-26)48-37(59)28(17-22(2)3)49-39(61)32(44)35(57)23(4)5/h9-11,13-14,22-25,27-30,32-35,53-55,57H,8,12,15-21,44H2,1-7H3,(H,45,66)(H,46,62)(H,47,56)(H,48,59)(H,49,61)(H,50,60)(H,51,58)(H,52,63)(H,64,65)/t24-,25-,27+,28-,29-,30-,32?,33-,34-,35+/m0/s1. The van der Waals surface area contributed by atoms with Gasteiger partial charge in [-0.05, 0) is 49.5 Å². The Balaban J connectivity index is 3.27. The Kier molecular flexibility index (Phi) is 26.8. The number of nitrogens with one attached hydrogen (secondary N) is 8. The van der Waals surface area contributed by atoms with Crippen molar-refractivity contribution < 1.29 is 73.4 Å². The third kappa shape index (κ3) is 21.5. The number of carbonyl (C=O) groups excluding carboxylic acids is 8. The van der Waals surface area contributed by atoms with Crippen LogP contribution < -0.4 is 48.3 Å². The molecule has 1 aromatic carbocycles. The molecular weight excluding hydrogens is 883 g/mol. The van der Waals surface area contributed by atoms with Crippen LogP contribution in [0.4, 0.5) is 4.79 Å². The molecule has 0 spiro atoms. The average molecular weight is 954 g/mol. The second-order valence-electron chi connectivity index (χ2n) is 16.8. The van der Waals surface area contributed by atoms with E-state index in [2.05, 4.69) is 37.2 Å². The number of aliphatic hydroxyl groups is 4. The van der Waals surface area contributed by atoms with Gasteiger partial charge in [-0.15, -0.1) is 0 Å². The van der Waals surface area contributed by atoms with Gasteiger partial charge >= 0.3 is 12.1 Å². The minimum absolute atomic E-state index is 0.00365. The lowest BCUT2D eigenvalue weighted by molar-refractivity contribution is -0.143. The first-order valence-electron chi connectivity index (χ1n) is 22.1. The molecule has 8 amide bonds. The maximum absolute atomic E-state index is 14.1. The van der Waals surface area contributed by atoms with Gasteiger partial charge in [-0.2, -0.15) is 0 Å². The Bertz CT molecular complexity index is 1790. The zero-order valence-electron chi connectivity index (χ0n) is 39.1. The van der Waals surface area contributed by atoms with E-state index in [4.69, 9.17) is 20.7 Å². The fourth-order valence-electron chi connectivity index (χ4n) is 6.13. The molecule has 0 fully saturated rings. The summed E-state index contributed by atoms with van der Waals surface area (Å²) in [5, 5.41) is 67.6. The molecule has 0 bridgehead atoms. The topological polar surface area (TPSA) is 386 Å². The van der Waals surface area contributed by atoms with Gasteiger partial charge in [0.2, 0.25) is 41.4 Å². The lowest BCUT2D eigenvalue weighted by Crippen LogP contribution is -2.62. The molecule has 1 aromatic rings. The summed E-state index contributed by atoms with van der Waals surface area (Å²) in [4.78, 5) is 117. The number of benzene rings is 1. The predicted molar refractivity (Wildman–Crippen MR) is 240 cm³/mol. The smallest absolute Gasteiger partial charge is 0.407 e. The number of hydrogen-bond donors (Lipinski definition) is 14. The van der Waals surface area contributed by atoms with E-state index in [1.54, 1.807) is 65.8 Å². The van der Waals surface area contributed by atoms with Crippen molar-refractivity contribution in [2.75, 3.05) is 26.3 Å². The van der Waals surface area contributed by atoms with Crippen LogP contribution in [0.25, 0.3) is 0 Å². The number of rotatable bonds is 30. The van der Waals surface area contributed by atoms with Gasteiger partial charge < -0.3 is 78.5 Å². The zero-order chi connectivity index (χ0) is 51.0. The normalized spacial score (nSPS) is 15.7. The van der Waals surface area contributed by atoms with Crippen molar-refractivity contribution >= 4 is 53.4 Å². The summed E-state index contributed by atoms with van der Waals surface area (Å²) in [5.41, 5.74) is 6.74. The van der Waals surface area contributed by atoms with Crippen LogP contribution in [-0.4, -0.2) is 160 Å². The Morgan fingerprint density at radius 1 is 0.657 bits per heavy atom. The van der Waals surface area contributed by atoms with Crippen molar-refractivity contribution in [3.05, 3.63) is 35.9 Å². The highest BCUT2D eigenvalue weighted by molar-refractivity contribution is 5.97. The van der Waals surface area contributed by atoms with Crippen LogP contribution in [0.3, 0.4) is 0 Å². The largest absolute Gasteiger partial charge is 0.480 e. The Morgan fingerprint density at radius 3 is 1.75 bits per heavy atom. The molecule has 0 aliphatic carbocycles. The molecule has 1 unspecified atom stereocenters. The van der Waals surface area contributed by atoms with Gasteiger partial charge in [-0.3, -0.25) is 33.6 Å². The summed E-state index contributed by atoms with van der Waals surface area (Å²) in [6, 6.07) is -1.58. The molecule has 0 aromatic heterocycles. The van der Waals surface area contributed by atoms with E-state index in [-0.39, 0.29) is 44.2 Å². The van der Waals surface area contributed by atoms with Crippen LogP contribution >= 0.6 is 0 Å². The van der Waals surface area contributed by atoms with E-state index < -0.39 is 134 Å². The summed E-state index contributed by atoms with van der Waals surface area (Å²) in [6.45, 7) is 8.56. The first-order chi connectivity index (χ1) is 31.5. The van der Waals surface area contributed by atoms with E-state index in [0.717, 1.165) is 12.5 Å². The van der Waals surface area contributed by atoms with Crippen molar-refractivity contribution in [1.29, 1.82) is 0 Å². The van der Waals surface area contributed by atoms with Crippen molar-refractivity contribution in [3.8, 4) is 0 Å². The number of ether oxygens (including phenoxy) is 1. The lowest BCUT2D eigenvalue weighted by atomic mass is 9.96. The monoisotopic (exact) mass is 954 g/mol. The molecule has 0 heterocycles. The highest BCUT2D eigenvalue weighted by atomic mass is 16.5. The van der Waals surface area contributed by atoms with E-state index >= 15 is 0 Å². The number of aliphatic hydroxyl groups excluding tert-OH is 4. The molecule has 0 saturated carbocycles. The molecule has 15 N–H and O–H groups in total. The zero-order valence-corrected chi connectivity index (χ0v) is 39.1. The van der Waals surface area contributed by atoms with Crippen LogP contribution in [-0.2, 0) is 49.7 Å². The van der Waals surface area contributed by atoms with Gasteiger partial charge in [0.05, 0.1) is 32.0 Å². The lowest BCUT2D eigenvalue weighted by Gasteiger charge is -2.30. The SMILES string of the molecule is CC[C@H](C)[C@H](NC(=O)[C@@H](CCCNC(=O)OCc1ccccc1)NC(=O)[C@H](CC(C)C)NC(=O)C(N)[C@H](O)C(C)C)C(=O)N[C@H](C(=O)NCC(=O)N[C@@H](CO)C(=O)N[C@@H](CO)C(=O)O)[C@H](C)O. The number of nitrogens with two attached hydrogens (primary N) is 1. The number of carboxylic acid groups (broad SMARTS) is 1. The molecule has 378 valence electrons. The van der Waals surface area contributed by atoms with Crippen LogP contribution in [0.2, 0.25) is 0 Å². The Morgan fingerprint density at radius 2 is 1.21 bits per heavy atom. The van der Waals surface area contributed by atoms with Crippen LogP contribution in [0.5, 0.6) is 0 Å². The fourth-order valence-corrected chi connectivity index (χ4v) is 6.13. The van der Waals surface area contributed by atoms with Gasteiger partial charge in [-0.1, -0.05) is 78.3 Å². The average Bonchev–Trinajstić information content (AvgIpc) is 3.28. The second kappa shape index (κ2) is 30.4. The minimum atomic E-state index is -1.73. The van der Waals surface area contributed by atoms with E-state index in [1.165, 1.54) is 0 Å². The minimum Gasteiger partial charge on any atom is -0.480 e. The highest BCUT2D eigenvalue weighted by Gasteiger charge is 2.36. The van der Waals surface area contributed by atoms with Crippen molar-refractivity contribution in [2.24, 2.45) is 23.5 Å². The summed E-state index contributed by atoms with van der Waals surface area (Å²) in [6.07, 6.45) is -3.17. The Hall–Kier alpha value is -5.95. The molecule has 24 heteroatoms. The van der Waals surface area contributed by atoms with Gasteiger partial charge in [0.25, 0.3) is 0 Å². The predicted octanol–water partition coefficient (Wildman–Crippen LogP) is -3.40. The van der Waals surface area contributed by atoms with E-state index in [1.807, 2.05) is 11.4 Å². The number of alkyl carbamates (subject to hydrolysis) is 1. The third-order valence-electron chi connectivity index (χ3n) is 10.4. The van der Waals surface area contributed by atoms with Crippen LogP contribution in [0.15, 0.2) is 30.3 Å². The molecular formula is C43H71N9O15. The molecule has 10 atom stereocenters. The van der Waals surface area contributed by atoms with Crippen molar-refractivity contribution in [2.45, 2.75) is 135 Å². The molecule has 67 heavy (non-hydrogen) atoms. The van der Waals surface area contributed by atoms with Gasteiger partial charge in [0.1, 0.15) is 48.9 Å². The number of amides is 8. The molecule has 0 saturated heterocycles. The first kappa shape index (κ1) is 59.1. The van der Waals surface area contributed by atoms with Crippen LogP contribution in [0, 0.1) is 17.8 Å². The summed E-state index contributed by atoms with van der Waals surface area (Å²) >= 11 is 0. The van der Waals surface area contributed by atoms with Crippen molar-refractivity contribution in [1.82, 2.24) is 42.5 Å². The van der Waals surface area contributed by atoms with Gasteiger partial charge in [0, 0.05) is 6.54 Å². The van der Waals surface area contributed by atoms with Crippen molar-refractivity contribution in [3.63, 3.8) is 0 Å². The second-order valence-corrected chi connectivity index (χ2v) is 16.8. The van der Waals surface area contributed by atoms with Gasteiger partial charge in [0.15, 0.2) is 0 Å². The number of aliphatic carboxylic acids is 1. The number of hydrogen-bond acceptors (Lipinski definition) is 15. The quantitative estimate of drug-likeness (QED) is 0.0334. The highest BCUT2D eigenvalue weighted by Crippen LogP contribution is 2.13. The summed E-state index contributed by atoms with van der Waals surface area (Å²) in [5.74, 6) is -9.43. The van der Waals surface area contributed by atoms with E-state index in [9.17, 15) is 58.5 Å². The van der Waals surface area contributed by atoms with E-state index in [0.29, 0.717) is 6.42 Å². The first-order valence-corrected chi connectivity index (χ1v) is 22.1. The molecule has 0 aliphatic heterocycles. The fraction of sp³-hybridized carbons (Fsp3) is 0.651. The number of carbonyl (C=O) groups is 9. The number of carboxylic acids is 1. The maximum Gasteiger partial charge on any atom is 0.407 e. The summed E-state index contributed by atoms with van der Waals surface area (Å²) in [7, 11) is 0. The molecule has 0 radical (unpaired) electrons. The third-order valence-corrected chi connectivity index (χ3v) is 10.4. The maximum atomic E-state index is 14.1. The van der Waals surface area contributed by atoms with Crippen LogP contribution in [0.1, 0.15) is 79.7 Å². The van der Waals surface area contributed by atoms with Gasteiger partial charge in [-0.25, -0.2) is 9.59 Å². The Labute approximate surface area is 389 Å². The molecule has 24 nitrogen and oxygen atoms in total. The molecule has 1 rings (SSSR count). The molecule has 0 aliphatic rings.